The number of carbonyl (C=O) groups excluding carboxylic acids is 2. The molecule has 1 aliphatic heterocycles. The van der Waals surface area contributed by atoms with E-state index in [4.69, 9.17) is 9.57 Å². The second-order valence-corrected chi connectivity index (χ2v) is 11.8. The smallest absolute Gasteiger partial charge is 0.431 e. The fourth-order valence-corrected chi connectivity index (χ4v) is 8.51. The van der Waals surface area contributed by atoms with E-state index in [0.29, 0.717) is 36.6 Å². The van der Waals surface area contributed by atoms with E-state index < -0.39 is 6.16 Å². The average Bonchev–Trinajstić information content (AvgIpc) is 3.44. The Balaban J connectivity index is 0.00000274. The van der Waals surface area contributed by atoms with Crippen LogP contribution >= 0.6 is 12.4 Å². The molecule has 5 aliphatic rings. The van der Waals surface area contributed by atoms with Gasteiger partial charge in [-0.1, -0.05) is 24.6 Å². The molecule has 0 spiro atoms. The number of ketones is 1. The molecule has 1 unspecified atom stereocenters. The zero-order valence-electron chi connectivity index (χ0n) is 20.9. The number of oxime groups is 1. The Morgan fingerprint density at radius 2 is 1.94 bits per heavy atom. The van der Waals surface area contributed by atoms with Crippen molar-refractivity contribution in [3.05, 3.63) is 11.6 Å². The number of rotatable bonds is 4. The summed E-state index contributed by atoms with van der Waals surface area (Å²) in [5, 5.41) is 7.57. The van der Waals surface area contributed by atoms with Crippen molar-refractivity contribution in [3.63, 3.8) is 0 Å². The lowest BCUT2D eigenvalue weighted by atomic mass is 9.46. The molecule has 7 atom stereocenters. The topological polar surface area (TPSA) is 77.0 Å². The number of hydrogen-bond donors (Lipinski definition) is 1. The molecule has 1 N–H and O–H groups in total. The van der Waals surface area contributed by atoms with E-state index in [0.717, 1.165) is 50.3 Å². The second kappa shape index (κ2) is 9.93. The predicted molar refractivity (Wildman–Crippen MR) is 134 cm³/mol. The summed E-state index contributed by atoms with van der Waals surface area (Å²) in [4.78, 5) is 29.3. The van der Waals surface area contributed by atoms with Crippen LogP contribution in [0.5, 0.6) is 0 Å². The highest BCUT2D eigenvalue weighted by molar-refractivity contribution is 5.91. The first kappa shape index (κ1) is 25.7. The van der Waals surface area contributed by atoms with Crippen molar-refractivity contribution in [1.82, 2.24) is 5.32 Å². The number of allylic oxidation sites excluding steroid dienone is 1. The summed E-state index contributed by atoms with van der Waals surface area (Å²) in [5.74, 6) is 2.78. The Morgan fingerprint density at radius 3 is 2.71 bits per heavy atom. The molecule has 6 nitrogen and oxygen atoms in total. The summed E-state index contributed by atoms with van der Waals surface area (Å²) in [6.07, 6.45) is 12.2. The lowest BCUT2D eigenvalue weighted by molar-refractivity contribution is -0.117. The van der Waals surface area contributed by atoms with Gasteiger partial charge in [-0.25, -0.2) is 4.79 Å². The maximum atomic E-state index is 12.1. The Kier molecular flexibility index (Phi) is 7.50. The third-order valence-electron chi connectivity index (χ3n) is 10.3. The molecule has 4 aliphatic carbocycles. The highest BCUT2D eigenvalue weighted by Crippen LogP contribution is 2.66. The first-order valence-electron chi connectivity index (χ1n) is 13.2. The van der Waals surface area contributed by atoms with Gasteiger partial charge in [0, 0.05) is 18.4 Å². The molecule has 0 aromatic rings. The summed E-state index contributed by atoms with van der Waals surface area (Å²) >= 11 is 0. The minimum absolute atomic E-state index is 0. The van der Waals surface area contributed by atoms with Crippen LogP contribution < -0.4 is 5.32 Å². The van der Waals surface area contributed by atoms with Gasteiger partial charge in [-0.2, -0.15) is 0 Å². The van der Waals surface area contributed by atoms with E-state index in [9.17, 15) is 9.59 Å². The minimum atomic E-state index is -0.696. The normalized spacial score (nSPS) is 41.5. The molecule has 0 amide bonds. The van der Waals surface area contributed by atoms with Gasteiger partial charge in [0.2, 0.25) is 0 Å². The molecule has 0 bridgehead atoms. The minimum Gasteiger partial charge on any atom is -0.431 e. The fraction of sp³-hybridized carbons (Fsp3) is 0.815. The van der Waals surface area contributed by atoms with E-state index in [2.05, 4.69) is 24.3 Å². The molecule has 1 heterocycles. The molecule has 7 heteroatoms. The molecule has 0 aromatic carbocycles. The average molecular weight is 493 g/mol. The van der Waals surface area contributed by atoms with Crippen LogP contribution in [0.2, 0.25) is 0 Å². The number of fused-ring (bicyclic) bond motifs is 5. The zero-order valence-corrected chi connectivity index (χ0v) is 21.8. The van der Waals surface area contributed by atoms with Gasteiger partial charge in [0.25, 0.3) is 0 Å². The first-order chi connectivity index (χ1) is 15.8. The lowest BCUT2D eigenvalue weighted by Gasteiger charge is -2.58. The van der Waals surface area contributed by atoms with Crippen LogP contribution in [0.25, 0.3) is 0 Å². The van der Waals surface area contributed by atoms with Crippen molar-refractivity contribution in [1.29, 1.82) is 0 Å². The Labute approximate surface area is 210 Å². The fourth-order valence-electron chi connectivity index (χ4n) is 8.51. The third kappa shape index (κ3) is 4.45. The van der Waals surface area contributed by atoms with Crippen molar-refractivity contribution in [2.45, 2.75) is 91.0 Å². The van der Waals surface area contributed by atoms with Gasteiger partial charge in [0.15, 0.2) is 5.78 Å². The third-order valence-corrected chi connectivity index (χ3v) is 10.3. The molecule has 5 rings (SSSR count). The Bertz CT molecular complexity index is 867. The lowest BCUT2D eigenvalue weighted by Crippen LogP contribution is -2.51. The van der Waals surface area contributed by atoms with Crippen LogP contribution in [-0.4, -0.2) is 36.8 Å². The van der Waals surface area contributed by atoms with Crippen LogP contribution in [0.15, 0.2) is 16.8 Å². The maximum absolute atomic E-state index is 12.1. The van der Waals surface area contributed by atoms with Crippen LogP contribution in [0.3, 0.4) is 0 Å². The van der Waals surface area contributed by atoms with Crippen LogP contribution in [0, 0.1) is 34.5 Å². The number of halogens is 1. The molecular weight excluding hydrogens is 452 g/mol. The second-order valence-electron chi connectivity index (χ2n) is 11.8. The Hall–Kier alpha value is -1.40. The quantitative estimate of drug-likeness (QED) is 0.231. The monoisotopic (exact) mass is 492 g/mol. The number of ether oxygens (including phenoxy) is 1. The van der Waals surface area contributed by atoms with Gasteiger partial charge in [-0.05, 0) is 106 Å². The molecule has 4 fully saturated rings. The number of carbonyl (C=O) groups is 2. The molecule has 0 aromatic heterocycles. The Morgan fingerprint density at radius 1 is 1.12 bits per heavy atom. The summed E-state index contributed by atoms with van der Waals surface area (Å²) < 4.78 is 5.25. The number of hydrogen-bond acceptors (Lipinski definition) is 6. The predicted octanol–water partition coefficient (Wildman–Crippen LogP) is 5.84. The maximum Gasteiger partial charge on any atom is 0.535 e. The zero-order chi connectivity index (χ0) is 23.2. The van der Waals surface area contributed by atoms with Gasteiger partial charge < -0.3 is 10.1 Å². The van der Waals surface area contributed by atoms with Crippen molar-refractivity contribution >= 4 is 30.1 Å². The number of nitrogens with zero attached hydrogens (tertiary/aromatic N) is 1. The van der Waals surface area contributed by atoms with E-state index in [1.165, 1.54) is 31.3 Å². The summed E-state index contributed by atoms with van der Waals surface area (Å²) in [5.41, 5.74) is 2.77. The van der Waals surface area contributed by atoms with Crippen molar-refractivity contribution in [2.75, 3.05) is 13.2 Å². The highest BCUT2D eigenvalue weighted by Gasteiger charge is 2.59. The van der Waals surface area contributed by atoms with Gasteiger partial charge in [0.05, 0.1) is 5.71 Å². The van der Waals surface area contributed by atoms with E-state index in [1.54, 1.807) is 0 Å². The van der Waals surface area contributed by atoms with Crippen LogP contribution in [-0.2, 0) is 14.4 Å². The molecular formula is C27H41ClN2O4. The first-order valence-corrected chi connectivity index (χ1v) is 13.2. The molecule has 3 saturated carbocycles. The molecule has 0 radical (unpaired) electrons. The van der Waals surface area contributed by atoms with Gasteiger partial charge in [-0.15, -0.1) is 12.4 Å². The van der Waals surface area contributed by atoms with E-state index >= 15 is 0 Å². The van der Waals surface area contributed by atoms with Crippen LogP contribution in [0.1, 0.15) is 85.0 Å². The van der Waals surface area contributed by atoms with Crippen molar-refractivity contribution < 1.29 is 19.2 Å². The van der Waals surface area contributed by atoms with Crippen LogP contribution in [0.4, 0.5) is 4.79 Å². The molecule has 190 valence electrons. The van der Waals surface area contributed by atoms with E-state index in [-0.39, 0.29) is 29.3 Å². The summed E-state index contributed by atoms with van der Waals surface area (Å²) in [6, 6.07) is 0.238. The summed E-state index contributed by atoms with van der Waals surface area (Å²) in [7, 11) is 0. The number of nitrogens with one attached hydrogen (secondary N) is 1. The highest BCUT2D eigenvalue weighted by atomic mass is 35.5. The largest absolute Gasteiger partial charge is 0.535 e. The molecule has 34 heavy (non-hydrogen) atoms. The van der Waals surface area contributed by atoms with Crippen molar-refractivity contribution in [2.24, 2.45) is 39.7 Å². The van der Waals surface area contributed by atoms with Gasteiger partial charge in [-0.3, -0.25) is 9.63 Å². The molecule has 1 saturated heterocycles. The van der Waals surface area contributed by atoms with Gasteiger partial charge >= 0.3 is 6.16 Å². The SMILES string of the molecule is C/C(=N\OC(=O)OC[C@@H]1CCCN1)[C@H]1CCC2[C@@H]3CCC4=CC(=O)CC[C@]4(C)[C@H]3CC[C@@]21C.Cl. The summed E-state index contributed by atoms with van der Waals surface area (Å²) in [6.45, 7) is 8.24. The van der Waals surface area contributed by atoms with E-state index in [1.807, 2.05) is 13.0 Å². The standard InChI is InChI=1S/C27H40N2O4.ClH/c1-17(29-33-25(31)32-16-19-5-4-14-28-19)22-8-9-23-21-7-6-18-15-20(30)10-12-26(18,2)24(21)11-13-27(22,23)3;/h15,19,21-24,28H,4-14,16H2,1-3H3;1H/b29-17+;/t19-,21-,22+,23?,24-,26-,27+;/m0./s1. The van der Waals surface area contributed by atoms with Crippen molar-refractivity contribution in [3.8, 4) is 0 Å². The van der Waals surface area contributed by atoms with Gasteiger partial charge in [0.1, 0.15) is 6.61 Å².